The Bertz CT molecular complexity index is 1670. The van der Waals surface area contributed by atoms with Gasteiger partial charge in [-0.1, -0.05) is 53.4 Å². The third kappa shape index (κ3) is 9.32. The molecule has 1 atom stereocenters. The van der Waals surface area contributed by atoms with Gasteiger partial charge in [-0.15, -0.1) is 0 Å². The van der Waals surface area contributed by atoms with Gasteiger partial charge in [0.25, 0.3) is 0 Å². The van der Waals surface area contributed by atoms with Crippen molar-refractivity contribution < 1.29 is 19.1 Å². The highest BCUT2D eigenvalue weighted by Gasteiger charge is 2.26. The van der Waals surface area contributed by atoms with Gasteiger partial charge < -0.3 is 25.4 Å². The van der Waals surface area contributed by atoms with Gasteiger partial charge in [-0.2, -0.15) is 0 Å². The lowest BCUT2D eigenvalue weighted by Crippen LogP contribution is -2.47. The Morgan fingerprint density at radius 2 is 1.72 bits per heavy atom. The van der Waals surface area contributed by atoms with Crippen molar-refractivity contribution in [3.8, 4) is 11.5 Å². The lowest BCUT2D eigenvalue weighted by molar-refractivity contribution is -0.133. The molecule has 2 heterocycles. The smallest absolute Gasteiger partial charge is 0.249 e. The number of benzene rings is 3. The molecular weight excluding hydrogens is 648 g/mol. The summed E-state index contributed by atoms with van der Waals surface area (Å²) in [7, 11) is 1.65. The Labute approximate surface area is 278 Å². The van der Waals surface area contributed by atoms with Crippen molar-refractivity contribution in [2.45, 2.75) is 64.5 Å². The second-order valence-electron chi connectivity index (χ2n) is 11.4. The van der Waals surface area contributed by atoms with Gasteiger partial charge in [-0.05, 0) is 68.1 Å². The summed E-state index contributed by atoms with van der Waals surface area (Å²) in [5.74, 6) is 2.32. The number of piperidine rings is 1. The van der Waals surface area contributed by atoms with E-state index in [9.17, 15) is 9.59 Å². The highest BCUT2D eigenvalue weighted by Crippen LogP contribution is 2.34. The molecule has 3 aromatic carbocycles. The first-order chi connectivity index (χ1) is 22.4. The minimum atomic E-state index is -0.388. The molecule has 1 aliphatic heterocycles. The van der Waals surface area contributed by atoms with Crippen LogP contribution in [0.4, 0.5) is 17.2 Å². The van der Waals surface area contributed by atoms with Crippen molar-refractivity contribution in [1.29, 1.82) is 0 Å². The van der Waals surface area contributed by atoms with Gasteiger partial charge in [0.2, 0.25) is 11.8 Å². The normalized spacial score (nSPS) is 14.5. The van der Waals surface area contributed by atoms with Crippen LogP contribution in [0.2, 0.25) is 0 Å². The zero-order valence-electron chi connectivity index (χ0n) is 26.3. The molecule has 1 aliphatic rings. The number of methoxy groups -OCH3 is 1. The van der Waals surface area contributed by atoms with Crippen LogP contribution in [0.3, 0.4) is 0 Å². The number of aromatic nitrogens is 2. The predicted octanol–water partition coefficient (Wildman–Crippen LogP) is 6.98. The molecule has 2 amide bonds. The van der Waals surface area contributed by atoms with Crippen LogP contribution in [-0.4, -0.2) is 48.1 Å². The summed E-state index contributed by atoms with van der Waals surface area (Å²) in [6.45, 7) is 4.00. The molecule has 0 radical (unpaired) electrons. The van der Waals surface area contributed by atoms with Crippen LogP contribution in [0.1, 0.15) is 56.3 Å². The summed E-state index contributed by atoms with van der Waals surface area (Å²) >= 11 is 3.53. The number of halogens is 1. The number of nitrogens with zero attached hydrogens (tertiary/aromatic N) is 2. The molecule has 5 rings (SSSR count). The maximum absolute atomic E-state index is 12.0. The summed E-state index contributed by atoms with van der Waals surface area (Å²) < 4.78 is 12.9. The monoisotopic (exact) mass is 688 g/mol. The zero-order valence-corrected chi connectivity index (χ0v) is 27.9. The molecule has 242 valence electrons. The summed E-state index contributed by atoms with van der Waals surface area (Å²) in [6.07, 6.45) is 6.18. The number of aryl methyl sites for hydroxylation is 1. The van der Waals surface area contributed by atoms with E-state index in [0.29, 0.717) is 43.3 Å². The third-order valence-electron chi connectivity index (χ3n) is 7.79. The average Bonchev–Trinajstić information content (AvgIpc) is 3.04. The topological polar surface area (TPSA) is 126 Å². The van der Waals surface area contributed by atoms with Crippen LogP contribution in [0.5, 0.6) is 11.5 Å². The Morgan fingerprint density at radius 3 is 2.54 bits per heavy atom. The van der Waals surface area contributed by atoms with Gasteiger partial charge in [0.05, 0.1) is 19.2 Å². The van der Waals surface area contributed by atoms with Gasteiger partial charge in [-0.3, -0.25) is 14.9 Å². The van der Waals surface area contributed by atoms with Crippen LogP contribution in [0.15, 0.2) is 65.1 Å². The molecule has 0 bridgehead atoms. The lowest BCUT2D eigenvalue weighted by atomic mass is 10.1. The highest BCUT2D eigenvalue weighted by atomic mass is 79.9. The number of hydrogen-bond donors (Lipinski definition) is 4. The number of amides is 2. The number of anilines is 3. The summed E-state index contributed by atoms with van der Waals surface area (Å²) in [5.41, 5.74) is 3.82. The van der Waals surface area contributed by atoms with E-state index < -0.39 is 0 Å². The van der Waals surface area contributed by atoms with E-state index in [-0.39, 0.29) is 17.9 Å². The summed E-state index contributed by atoms with van der Waals surface area (Å²) in [5, 5.41) is 13.4. The van der Waals surface area contributed by atoms with E-state index >= 15 is 0 Å². The molecule has 1 fully saturated rings. The number of nitrogens with one attached hydrogen (secondary N) is 4. The first-order valence-electron chi connectivity index (χ1n) is 15.8. The van der Waals surface area contributed by atoms with Gasteiger partial charge in [0.1, 0.15) is 17.7 Å². The van der Waals surface area contributed by atoms with Crippen molar-refractivity contribution in [2.75, 3.05) is 36.2 Å². The third-order valence-corrected chi connectivity index (χ3v) is 8.29. The number of fused-ring (bicyclic) bond motifs is 1. The van der Waals surface area contributed by atoms with Crippen LogP contribution >= 0.6 is 15.9 Å². The molecule has 0 spiro atoms. The molecule has 1 unspecified atom stereocenters. The van der Waals surface area contributed by atoms with Crippen molar-refractivity contribution in [3.05, 3.63) is 76.5 Å². The Morgan fingerprint density at radius 1 is 0.913 bits per heavy atom. The number of imide groups is 1. The maximum Gasteiger partial charge on any atom is 0.249 e. The van der Waals surface area contributed by atoms with E-state index in [1.54, 1.807) is 7.11 Å². The number of carbonyl (C=O) groups is 2. The largest absolute Gasteiger partial charge is 0.493 e. The van der Waals surface area contributed by atoms with Crippen LogP contribution < -0.4 is 30.7 Å². The second kappa shape index (κ2) is 16.3. The fourth-order valence-electron chi connectivity index (χ4n) is 5.42. The quantitative estimate of drug-likeness (QED) is 0.0728. The number of ether oxygens (including phenoxy) is 2. The molecule has 4 aromatic rings. The summed E-state index contributed by atoms with van der Waals surface area (Å²) in [6, 6.07) is 19.6. The molecule has 4 N–H and O–H groups in total. The number of unbranched alkanes of at least 4 members (excludes halogenated alkanes) is 4. The van der Waals surface area contributed by atoms with Gasteiger partial charge in [0, 0.05) is 46.8 Å². The van der Waals surface area contributed by atoms with E-state index in [2.05, 4.69) is 59.3 Å². The molecule has 46 heavy (non-hydrogen) atoms. The number of hydrogen-bond acceptors (Lipinski definition) is 9. The Balaban J connectivity index is 1.03. The van der Waals surface area contributed by atoms with Crippen molar-refractivity contribution >= 4 is 55.8 Å². The first kappa shape index (κ1) is 33.0. The molecule has 0 saturated carbocycles. The standard InChI is InChI=1S/C35H41BrN6O4/c1-23-39-30-21-32(31(45-2)20-28(30)34(40-23)38-22-24-10-8-11-25(36)18-24)46-17-7-5-3-4-6-16-37-26-12-9-13-27(19-26)41-29-14-15-33(43)42-35(29)44/h8-13,18-21,29,37,41H,3-7,14-17,22H2,1-2H3,(H,38,39,40)(H,42,43,44). The van der Waals surface area contributed by atoms with Crippen molar-refractivity contribution in [2.24, 2.45) is 0 Å². The van der Waals surface area contributed by atoms with E-state index in [0.717, 1.165) is 76.8 Å². The number of rotatable bonds is 16. The van der Waals surface area contributed by atoms with E-state index in [1.165, 1.54) is 0 Å². The molecule has 10 nitrogen and oxygen atoms in total. The van der Waals surface area contributed by atoms with Gasteiger partial charge >= 0.3 is 0 Å². The van der Waals surface area contributed by atoms with Crippen LogP contribution in [0.25, 0.3) is 10.9 Å². The number of carbonyl (C=O) groups excluding carboxylic acids is 2. The minimum Gasteiger partial charge on any atom is -0.493 e. The fraction of sp³-hybridized carbons (Fsp3) is 0.371. The highest BCUT2D eigenvalue weighted by molar-refractivity contribution is 9.10. The van der Waals surface area contributed by atoms with Gasteiger partial charge in [-0.25, -0.2) is 9.97 Å². The second-order valence-corrected chi connectivity index (χ2v) is 12.3. The molecular formula is C35H41BrN6O4. The fourth-order valence-corrected chi connectivity index (χ4v) is 5.86. The Hall–Kier alpha value is -4.38. The average molecular weight is 690 g/mol. The van der Waals surface area contributed by atoms with Crippen LogP contribution in [0, 0.1) is 6.92 Å². The molecule has 1 saturated heterocycles. The van der Waals surface area contributed by atoms with Crippen molar-refractivity contribution in [1.82, 2.24) is 15.3 Å². The van der Waals surface area contributed by atoms with E-state index in [4.69, 9.17) is 9.47 Å². The van der Waals surface area contributed by atoms with Crippen molar-refractivity contribution in [3.63, 3.8) is 0 Å². The molecule has 0 aliphatic carbocycles. The Kier molecular flexibility index (Phi) is 11.7. The van der Waals surface area contributed by atoms with Crippen LogP contribution in [-0.2, 0) is 16.1 Å². The maximum atomic E-state index is 12.0. The van der Waals surface area contributed by atoms with E-state index in [1.807, 2.05) is 55.5 Å². The lowest BCUT2D eigenvalue weighted by Gasteiger charge is -2.23. The zero-order chi connectivity index (χ0) is 32.3. The first-order valence-corrected chi connectivity index (χ1v) is 16.6. The molecule has 11 heteroatoms. The minimum absolute atomic E-state index is 0.211. The summed E-state index contributed by atoms with van der Waals surface area (Å²) in [4.78, 5) is 32.7. The SMILES string of the molecule is COc1cc2c(NCc3cccc(Br)c3)nc(C)nc2cc1OCCCCCCCNc1cccc(NC2CCC(=O)NC2=O)c1. The van der Waals surface area contributed by atoms with Gasteiger partial charge in [0.15, 0.2) is 11.5 Å². The predicted molar refractivity (Wildman–Crippen MR) is 186 cm³/mol. The molecule has 1 aromatic heterocycles.